The Balaban J connectivity index is 1.83. The van der Waals surface area contributed by atoms with Crippen LogP contribution in [-0.4, -0.2) is 35.1 Å². The van der Waals surface area contributed by atoms with Gasteiger partial charge in [0.25, 0.3) is 0 Å². The highest BCUT2D eigenvalue weighted by Crippen LogP contribution is 2.19. The molecule has 0 saturated heterocycles. The lowest BCUT2D eigenvalue weighted by Crippen LogP contribution is -2.51. The Hall–Kier alpha value is -2.76. The van der Waals surface area contributed by atoms with Gasteiger partial charge in [-0.1, -0.05) is 98.2 Å². The van der Waals surface area contributed by atoms with Gasteiger partial charge in [0.2, 0.25) is 11.8 Å². The highest BCUT2D eigenvalue weighted by Gasteiger charge is 2.30. The lowest BCUT2D eigenvalue weighted by molar-refractivity contribution is -0.139. The van der Waals surface area contributed by atoms with Crippen molar-refractivity contribution in [2.24, 2.45) is 5.92 Å². The van der Waals surface area contributed by atoms with Crippen LogP contribution >= 0.6 is 23.4 Å². The van der Waals surface area contributed by atoms with E-state index in [2.05, 4.69) is 31.3 Å². The monoisotopic (exact) mass is 508 g/mol. The second kappa shape index (κ2) is 14.0. The normalized spacial score (nSPS) is 11.8. The molecule has 1 N–H and O–H groups in total. The van der Waals surface area contributed by atoms with Crippen molar-refractivity contribution in [3.63, 3.8) is 0 Å². The first-order valence-electron chi connectivity index (χ1n) is 11.9. The molecule has 0 bridgehead atoms. The second-order valence-electron chi connectivity index (χ2n) is 8.97. The standard InChI is InChI=1S/C29H33ClN2O2S/c1-22(2)18-31-29(34)27(17-23-9-5-3-6-10-23)32(19-24-13-15-26(30)16-14-24)28(33)21-35-20-25-11-7-4-8-12-25/h3-16,22,27H,17-21H2,1-2H3,(H,31,34)/t27-/m0/s1. The van der Waals surface area contributed by atoms with Gasteiger partial charge in [-0.25, -0.2) is 0 Å². The molecule has 0 heterocycles. The predicted octanol–water partition coefficient (Wildman–Crippen LogP) is 5.99. The molecular weight excluding hydrogens is 476 g/mol. The Bertz CT molecular complexity index is 1060. The van der Waals surface area contributed by atoms with Crippen LogP contribution in [0.5, 0.6) is 0 Å². The summed E-state index contributed by atoms with van der Waals surface area (Å²) >= 11 is 7.65. The zero-order valence-electron chi connectivity index (χ0n) is 20.3. The van der Waals surface area contributed by atoms with Crippen molar-refractivity contribution >= 4 is 35.2 Å². The zero-order valence-corrected chi connectivity index (χ0v) is 21.9. The van der Waals surface area contributed by atoms with Crippen LogP contribution in [0.1, 0.15) is 30.5 Å². The van der Waals surface area contributed by atoms with E-state index < -0.39 is 6.04 Å². The Morgan fingerprint density at radius 1 is 0.857 bits per heavy atom. The molecule has 0 radical (unpaired) electrons. The number of carbonyl (C=O) groups excluding carboxylic acids is 2. The summed E-state index contributed by atoms with van der Waals surface area (Å²) in [4.78, 5) is 28.7. The SMILES string of the molecule is CC(C)CNC(=O)[C@H](Cc1ccccc1)N(Cc1ccc(Cl)cc1)C(=O)CSCc1ccccc1. The average Bonchev–Trinajstić information content (AvgIpc) is 2.87. The molecule has 2 amide bonds. The molecule has 0 saturated carbocycles. The van der Waals surface area contributed by atoms with Crippen molar-refractivity contribution in [2.45, 2.75) is 38.6 Å². The van der Waals surface area contributed by atoms with Crippen LogP contribution in [-0.2, 0) is 28.3 Å². The quantitative estimate of drug-likeness (QED) is 0.327. The molecule has 4 nitrogen and oxygen atoms in total. The number of benzene rings is 3. The number of halogens is 1. The number of thioether (sulfide) groups is 1. The van der Waals surface area contributed by atoms with Crippen LogP contribution < -0.4 is 5.32 Å². The topological polar surface area (TPSA) is 49.4 Å². The zero-order chi connectivity index (χ0) is 25.0. The molecule has 0 aliphatic carbocycles. The van der Waals surface area contributed by atoms with Crippen molar-refractivity contribution in [1.82, 2.24) is 10.2 Å². The highest BCUT2D eigenvalue weighted by molar-refractivity contribution is 7.99. The van der Waals surface area contributed by atoms with Crippen molar-refractivity contribution in [3.8, 4) is 0 Å². The van der Waals surface area contributed by atoms with E-state index >= 15 is 0 Å². The maximum absolute atomic E-state index is 13.6. The van der Waals surface area contributed by atoms with E-state index in [1.807, 2.05) is 72.8 Å². The van der Waals surface area contributed by atoms with Gasteiger partial charge >= 0.3 is 0 Å². The maximum atomic E-state index is 13.6. The molecule has 0 aliphatic rings. The second-order valence-corrected chi connectivity index (χ2v) is 10.4. The first kappa shape index (κ1) is 26.8. The van der Waals surface area contributed by atoms with Crippen LogP contribution in [0.2, 0.25) is 5.02 Å². The third-order valence-corrected chi connectivity index (χ3v) is 6.80. The van der Waals surface area contributed by atoms with E-state index in [9.17, 15) is 9.59 Å². The molecule has 1 atom stereocenters. The van der Waals surface area contributed by atoms with E-state index in [0.717, 1.165) is 16.9 Å². The molecule has 0 spiro atoms. The number of nitrogens with one attached hydrogen (secondary N) is 1. The molecule has 0 aromatic heterocycles. The summed E-state index contributed by atoms with van der Waals surface area (Å²) in [5, 5.41) is 3.69. The molecule has 35 heavy (non-hydrogen) atoms. The summed E-state index contributed by atoms with van der Waals surface area (Å²) in [7, 11) is 0. The smallest absolute Gasteiger partial charge is 0.243 e. The Morgan fingerprint density at radius 2 is 1.46 bits per heavy atom. The summed E-state index contributed by atoms with van der Waals surface area (Å²) in [5.41, 5.74) is 3.12. The van der Waals surface area contributed by atoms with Crippen LogP contribution in [0.3, 0.4) is 0 Å². The largest absolute Gasteiger partial charge is 0.354 e. The maximum Gasteiger partial charge on any atom is 0.243 e. The molecular formula is C29H33ClN2O2S. The molecule has 0 fully saturated rings. The summed E-state index contributed by atoms with van der Waals surface area (Å²) in [6.45, 7) is 5.02. The van der Waals surface area contributed by atoms with E-state index in [-0.39, 0.29) is 11.8 Å². The number of amides is 2. The summed E-state index contributed by atoms with van der Waals surface area (Å²) in [6, 6.07) is 26.8. The Morgan fingerprint density at radius 3 is 2.06 bits per heavy atom. The van der Waals surface area contributed by atoms with Crippen molar-refractivity contribution < 1.29 is 9.59 Å². The predicted molar refractivity (Wildman–Crippen MR) is 146 cm³/mol. The van der Waals surface area contributed by atoms with Crippen LogP contribution in [0, 0.1) is 5.92 Å². The van der Waals surface area contributed by atoms with Crippen molar-refractivity contribution in [2.75, 3.05) is 12.3 Å². The molecule has 3 aromatic rings. The van der Waals surface area contributed by atoms with E-state index in [4.69, 9.17) is 11.6 Å². The van der Waals surface area contributed by atoms with Crippen LogP contribution in [0.25, 0.3) is 0 Å². The molecule has 184 valence electrons. The first-order chi connectivity index (χ1) is 16.9. The number of nitrogens with zero attached hydrogens (tertiary/aromatic N) is 1. The van der Waals surface area contributed by atoms with E-state index in [1.54, 1.807) is 16.7 Å². The van der Waals surface area contributed by atoms with Gasteiger partial charge in [0.1, 0.15) is 6.04 Å². The minimum Gasteiger partial charge on any atom is -0.354 e. The summed E-state index contributed by atoms with van der Waals surface area (Å²) in [5.74, 6) is 1.17. The minimum atomic E-state index is -0.614. The van der Waals surface area contributed by atoms with Gasteiger partial charge in [-0.05, 0) is 34.7 Å². The van der Waals surface area contributed by atoms with Gasteiger partial charge in [0.15, 0.2) is 0 Å². The number of hydrogen-bond donors (Lipinski definition) is 1. The van der Waals surface area contributed by atoms with Crippen LogP contribution in [0.4, 0.5) is 0 Å². The average molecular weight is 509 g/mol. The van der Waals surface area contributed by atoms with Crippen LogP contribution in [0.15, 0.2) is 84.9 Å². The van der Waals surface area contributed by atoms with Crippen molar-refractivity contribution in [1.29, 1.82) is 0 Å². The Labute approximate surface area is 218 Å². The van der Waals surface area contributed by atoms with Gasteiger partial charge in [0, 0.05) is 30.3 Å². The lowest BCUT2D eigenvalue weighted by Gasteiger charge is -2.32. The molecule has 3 aromatic carbocycles. The third-order valence-electron chi connectivity index (χ3n) is 5.56. The van der Waals surface area contributed by atoms with Gasteiger partial charge < -0.3 is 10.2 Å². The highest BCUT2D eigenvalue weighted by atomic mass is 35.5. The lowest BCUT2D eigenvalue weighted by atomic mass is 10.0. The number of carbonyl (C=O) groups is 2. The number of rotatable bonds is 12. The molecule has 0 aliphatic heterocycles. The van der Waals surface area contributed by atoms with E-state index in [1.165, 1.54) is 5.56 Å². The molecule has 6 heteroatoms. The molecule has 0 unspecified atom stereocenters. The Kier molecular flexibility index (Phi) is 10.7. The van der Waals surface area contributed by atoms with Gasteiger partial charge in [0.05, 0.1) is 5.75 Å². The van der Waals surface area contributed by atoms with Gasteiger partial charge in [-0.15, -0.1) is 11.8 Å². The number of hydrogen-bond acceptors (Lipinski definition) is 3. The summed E-state index contributed by atoms with van der Waals surface area (Å²) in [6.07, 6.45) is 0.452. The fourth-order valence-electron chi connectivity index (χ4n) is 3.68. The van der Waals surface area contributed by atoms with Gasteiger partial charge in [-0.2, -0.15) is 0 Å². The first-order valence-corrected chi connectivity index (χ1v) is 13.4. The third kappa shape index (κ3) is 9.08. The molecule has 3 rings (SSSR count). The van der Waals surface area contributed by atoms with E-state index in [0.29, 0.717) is 36.2 Å². The van der Waals surface area contributed by atoms with Gasteiger partial charge in [-0.3, -0.25) is 9.59 Å². The minimum absolute atomic E-state index is 0.0542. The van der Waals surface area contributed by atoms with Crippen molar-refractivity contribution in [3.05, 3.63) is 107 Å². The summed E-state index contributed by atoms with van der Waals surface area (Å²) < 4.78 is 0. The fourth-order valence-corrected chi connectivity index (χ4v) is 4.67. The fraction of sp³-hybridized carbons (Fsp3) is 0.310.